The molecule has 0 amide bonds. The van der Waals surface area contributed by atoms with E-state index in [-0.39, 0.29) is 5.97 Å². The van der Waals surface area contributed by atoms with Crippen LogP contribution in [-0.4, -0.2) is 12.2 Å². The van der Waals surface area contributed by atoms with Crippen LogP contribution in [0.25, 0.3) is 0 Å². The molecule has 1 N–H and O–H groups in total. The number of hydrogen-bond donors (Lipinski definition) is 1. The largest absolute Gasteiger partial charge is 0.408 e. The van der Waals surface area contributed by atoms with Crippen LogP contribution in [0, 0.1) is 0 Å². The average molecular weight is 230 g/mol. The Bertz CT molecular complexity index is 478. The van der Waals surface area contributed by atoms with Gasteiger partial charge in [-0.3, -0.25) is 9.79 Å². The molecule has 88 valence electrons. The molecule has 2 rings (SSSR count). The smallest absolute Gasteiger partial charge is 0.312 e. The SMILES string of the molecule is CCCC(=O)OC1=CN=Cc2ccccc2N1. The van der Waals surface area contributed by atoms with Crippen LogP contribution in [0.2, 0.25) is 0 Å². The molecule has 17 heavy (non-hydrogen) atoms. The van der Waals surface area contributed by atoms with Crippen molar-refractivity contribution in [2.24, 2.45) is 4.99 Å². The molecular weight excluding hydrogens is 216 g/mol. The number of hydrogen-bond acceptors (Lipinski definition) is 4. The zero-order chi connectivity index (χ0) is 12.1. The van der Waals surface area contributed by atoms with Crippen LogP contribution >= 0.6 is 0 Å². The van der Waals surface area contributed by atoms with Crippen LogP contribution in [0.4, 0.5) is 5.69 Å². The van der Waals surface area contributed by atoms with Crippen molar-refractivity contribution in [2.45, 2.75) is 19.8 Å². The van der Waals surface area contributed by atoms with E-state index in [1.54, 1.807) is 6.21 Å². The van der Waals surface area contributed by atoms with Crippen molar-refractivity contribution in [3.8, 4) is 0 Å². The van der Waals surface area contributed by atoms with Crippen LogP contribution in [0.5, 0.6) is 0 Å². The van der Waals surface area contributed by atoms with Gasteiger partial charge in [-0.15, -0.1) is 0 Å². The van der Waals surface area contributed by atoms with E-state index in [0.29, 0.717) is 12.3 Å². The van der Waals surface area contributed by atoms with Crippen LogP contribution in [0.3, 0.4) is 0 Å². The van der Waals surface area contributed by atoms with Gasteiger partial charge in [0, 0.05) is 23.9 Å². The molecule has 1 aliphatic rings. The van der Waals surface area contributed by atoms with E-state index in [1.807, 2.05) is 31.2 Å². The second-order valence-corrected chi connectivity index (χ2v) is 3.71. The Morgan fingerprint density at radius 2 is 2.24 bits per heavy atom. The Morgan fingerprint density at radius 3 is 3.06 bits per heavy atom. The lowest BCUT2D eigenvalue weighted by Crippen LogP contribution is -2.10. The number of carbonyl (C=O) groups is 1. The molecule has 1 aromatic rings. The maximum absolute atomic E-state index is 11.4. The average Bonchev–Trinajstić information content (AvgIpc) is 2.50. The summed E-state index contributed by atoms with van der Waals surface area (Å²) in [6.45, 7) is 1.93. The fraction of sp³-hybridized carbons (Fsp3) is 0.231. The van der Waals surface area contributed by atoms with Gasteiger partial charge in [0.1, 0.15) is 0 Å². The topological polar surface area (TPSA) is 50.7 Å². The number of ether oxygens (including phenoxy) is 1. The number of rotatable bonds is 3. The second kappa shape index (κ2) is 5.30. The number of anilines is 1. The summed E-state index contributed by atoms with van der Waals surface area (Å²) >= 11 is 0. The minimum atomic E-state index is -0.249. The van der Waals surface area contributed by atoms with Gasteiger partial charge in [-0.2, -0.15) is 0 Å². The van der Waals surface area contributed by atoms with Gasteiger partial charge in [-0.25, -0.2) is 0 Å². The minimum Gasteiger partial charge on any atom is -0.408 e. The van der Waals surface area contributed by atoms with Crippen molar-refractivity contribution < 1.29 is 9.53 Å². The number of aliphatic imine (C=N–C) groups is 1. The van der Waals surface area contributed by atoms with Gasteiger partial charge in [0.25, 0.3) is 0 Å². The van der Waals surface area contributed by atoms with Crippen molar-refractivity contribution in [1.82, 2.24) is 0 Å². The van der Waals surface area contributed by atoms with Crippen molar-refractivity contribution >= 4 is 17.9 Å². The summed E-state index contributed by atoms with van der Waals surface area (Å²) in [7, 11) is 0. The molecule has 4 heteroatoms. The molecule has 0 unspecified atom stereocenters. The molecule has 0 saturated heterocycles. The summed E-state index contributed by atoms with van der Waals surface area (Å²) < 4.78 is 5.17. The quantitative estimate of drug-likeness (QED) is 0.812. The summed E-state index contributed by atoms with van der Waals surface area (Å²) in [6, 6.07) is 7.70. The molecule has 4 nitrogen and oxygen atoms in total. The lowest BCUT2D eigenvalue weighted by atomic mass is 10.2. The number of benzene rings is 1. The van der Waals surface area contributed by atoms with Crippen LogP contribution in [-0.2, 0) is 9.53 Å². The summed E-state index contributed by atoms with van der Waals surface area (Å²) in [5, 5.41) is 3.04. The third-order valence-electron chi connectivity index (χ3n) is 2.30. The van der Waals surface area contributed by atoms with Crippen molar-refractivity contribution in [3.63, 3.8) is 0 Å². The number of nitrogens with one attached hydrogen (secondary N) is 1. The lowest BCUT2D eigenvalue weighted by Gasteiger charge is -2.10. The first-order chi connectivity index (χ1) is 8.29. The summed E-state index contributed by atoms with van der Waals surface area (Å²) in [5.74, 6) is 0.116. The monoisotopic (exact) mass is 230 g/mol. The Balaban J connectivity index is 2.11. The molecule has 0 saturated carbocycles. The Labute approximate surface area is 100 Å². The molecule has 0 bridgehead atoms. The molecule has 1 aromatic carbocycles. The molecule has 1 heterocycles. The maximum Gasteiger partial charge on any atom is 0.312 e. The Morgan fingerprint density at radius 1 is 1.41 bits per heavy atom. The van der Waals surface area contributed by atoms with Gasteiger partial charge in [0.05, 0.1) is 6.20 Å². The van der Waals surface area contributed by atoms with Gasteiger partial charge >= 0.3 is 5.97 Å². The lowest BCUT2D eigenvalue weighted by molar-refractivity contribution is -0.139. The highest BCUT2D eigenvalue weighted by Crippen LogP contribution is 2.18. The van der Waals surface area contributed by atoms with Gasteiger partial charge in [-0.05, 0) is 12.5 Å². The van der Waals surface area contributed by atoms with Gasteiger partial charge in [0.2, 0.25) is 5.88 Å². The second-order valence-electron chi connectivity index (χ2n) is 3.71. The maximum atomic E-state index is 11.4. The first-order valence-electron chi connectivity index (χ1n) is 5.59. The fourth-order valence-corrected chi connectivity index (χ4v) is 1.50. The Hall–Kier alpha value is -2.10. The van der Waals surface area contributed by atoms with Crippen LogP contribution in [0.15, 0.2) is 41.3 Å². The molecule has 0 aromatic heterocycles. The van der Waals surface area contributed by atoms with Gasteiger partial charge < -0.3 is 10.1 Å². The Kier molecular flexibility index (Phi) is 3.55. The summed E-state index contributed by atoms with van der Waals surface area (Å²) in [5.41, 5.74) is 1.84. The fourth-order valence-electron chi connectivity index (χ4n) is 1.50. The molecular formula is C13H14N2O2. The normalized spacial score (nSPS) is 13.1. The highest BCUT2D eigenvalue weighted by molar-refractivity contribution is 5.89. The van der Waals surface area contributed by atoms with Crippen LogP contribution in [0.1, 0.15) is 25.3 Å². The number of para-hydroxylation sites is 1. The highest BCUT2D eigenvalue weighted by Gasteiger charge is 2.10. The third kappa shape index (κ3) is 2.93. The van der Waals surface area contributed by atoms with Gasteiger partial charge in [-0.1, -0.05) is 25.1 Å². The summed E-state index contributed by atoms with van der Waals surface area (Å²) in [4.78, 5) is 15.5. The van der Waals surface area contributed by atoms with Crippen molar-refractivity contribution in [1.29, 1.82) is 0 Å². The third-order valence-corrected chi connectivity index (χ3v) is 2.30. The number of carbonyl (C=O) groups excluding carboxylic acids is 1. The van der Waals surface area contributed by atoms with Crippen molar-refractivity contribution in [2.75, 3.05) is 5.32 Å². The van der Waals surface area contributed by atoms with E-state index in [1.165, 1.54) is 6.20 Å². The minimum absolute atomic E-state index is 0.249. The van der Waals surface area contributed by atoms with E-state index in [9.17, 15) is 4.79 Å². The predicted octanol–water partition coefficient (Wildman–Crippen LogP) is 2.67. The first kappa shape index (κ1) is 11.4. The van der Waals surface area contributed by atoms with E-state index in [0.717, 1.165) is 17.7 Å². The molecule has 1 aliphatic heterocycles. The number of fused-ring (bicyclic) bond motifs is 1. The molecule has 0 radical (unpaired) electrons. The van der Waals surface area contributed by atoms with Crippen LogP contribution < -0.4 is 5.32 Å². The highest BCUT2D eigenvalue weighted by atomic mass is 16.5. The molecule has 0 atom stereocenters. The predicted molar refractivity (Wildman–Crippen MR) is 66.7 cm³/mol. The molecule has 0 fully saturated rings. The number of nitrogens with zero attached hydrogens (tertiary/aromatic N) is 1. The van der Waals surface area contributed by atoms with E-state index < -0.39 is 0 Å². The van der Waals surface area contributed by atoms with Gasteiger partial charge in [0.15, 0.2) is 0 Å². The number of esters is 1. The standard InChI is InChI=1S/C13H14N2O2/c1-2-5-13(16)17-12-9-14-8-10-6-3-4-7-11(10)15-12/h3-4,6-9,15H,2,5H2,1H3. The van der Waals surface area contributed by atoms with Crippen molar-refractivity contribution in [3.05, 3.63) is 41.9 Å². The molecule has 0 aliphatic carbocycles. The first-order valence-corrected chi connectivity index (χ1v) is 5.59. The van der Waals surface area contributed by atoms with E-state index in [4.69, 9.17) is 4.74 Å². The zero-order valence-electron chi connectivity index (χ0n) is 9.64. The van der Waals surface area contributed by atoms with E-state index in [2.05, 4.69) is 10.3 Å². The van der Waals surface area contributed by atoms with E-state index >= 15 is 0 Å². The summed E-state index contributed by atoms with van der Waals surface area (Å²) in [6.07, 6.45) is 4.41. The zero-order valence-corrected chi connectivity index (χ0v) is 9.64. The molecule has 0 spiro atoms.